The predicted octanol–water partition coefficient (Wildman–Crippen LogP) is -1.42. The third-order valence-corrected chi connectivity index (χ3v) is 9.49. The number of aliphatic hydroxyl groups is 5. The molecule has 10 atom stereocenters. The van der Waals surface area contributed by atoms with Crippen LogP contribution in [-0.4, -0.2) is 101 Å². The molecule has 2 aromatic carbocycles. The highest BCUT2D eigenvalue weighted by atomic mass is 16.6. The summed E-state index contributed by atoms with van der Waals surface area (Å²) in [4.78, 5) is 48.8. The summed E-state index contributed by atoms with van der Waals surface area (Å²) < 4.78 is 7.16. The standard InChI is InChI=1S/C30H33N5O9/c1-13-24-32-17-9-5-3-7-15(17)27(42)34(24)19(25(40)31-13)11-30(43)16-8-4-6-10-18(16)35-26(41)14(2)33(29(30)35)28-23(39)22(38)21(37)20(12-36)44-28/h3-10,13-14,19-23,28-29,36-39,43H,11-12H2,1-2H3,(H,31,40)/t13-,14+,19+,20-,21-,22+,23-,28-,29+,30+/m1/s1. The van der Waals surface area contributed by atoms with Crippen molar-refractivity contribution in [1.29, 1.82) is 0 Å². The third-order valence-electron chi connectivity index (χ3n) is 9.49. The van der Waals surface area contributed by atoms with E-state index < -0.39 is 84.5 Å². The highest BCUT2D eigenvalue weighted by Crippen LogP contribution is 2.53. The van der Waals surface area contributed by atoms with Crippen LogP contribution in [0.5, 0.6) is 0 Å². The van der Waals surface area contributed by atoms with Crippen molar-refractivity contribution in [1.82, 2.24) is 19.8 Å². The van der Waals surface area contributed by atoms with Gasteiger partial charge >= 0.3 is 0 Å². The van der Waals surface area contributed by atoms with E-state index in [1.165, 1.54) is 14.4 Å². The topological polar surface area (TPSA) is 198 Å². The molecule has 5 heterocycles. The van der Waals surface area contributed by atoms with Crippen LogP contribution in [0.2, 0.25) is 0 Å². The van der Waals surface area contributed by atoms with Gasteiger partial charge in [0.25, 0.3) is 5.56 Å². The summed E-state index contributed by atoms with van der Waals surface area (Å²) >= 11 is 0. The van der Waals surface area contributed by atoms with E-state index in [2.05, 4.69) is 10.3 Å². The number of ether oxygens (including phenoxy) is 1. The molecule has 2 saturated heterocycles. The largest absolute Gasteiger partial charge is 0.394 e. The summed E-state index contributed by atoms with van der Waals surface area (Å²) in [5, 5.41) is 57.8. The number of aromatic nitrogens is 2. The number of aliphatic hydroxyl groups excluding tert-OH is 4. The zero-order chi connectivity index (χ0) is 31.2. The van der Waals surface area contributed by atoms with Crippen LogP contribution in [-0.2, 0) is 19.9 Å². The average molecular weight is 608 g/mol. The van der Waals surface area contributed by atoms with Crippen molar-refractivity contribution in [2.45, 2.75) is 80.8 Å². The Morgan fingerprint density at radius 3 is 2.43 bits per heavy atom. The van der Waals surface area contributed by atoms with Gasteiger partial charge in [-0.1, -0.05) is 30.3 Å². The summed E-state index contributed by atoms with van der Waals surface area (Å²) in [6.07, 6.45) is -9.42. The van der Waals surface area contributed by atoms with Gasteiger partial charge in [-0.15, -0.1) is 0 Å². The van der Waals surface area contributed by atoms with Gasteiger partial charge in [-0.25, -0.2) is 9.88 Å². The minimum atomic E-state index is -2.01. The summed E-state index contributed by atoms with van der Waals surface area (Å²) in [6, 6.07) is 10.6. The molecule has 0 aliphatic carbocycles. The number of fused-ring (bicyclic) bond motifs is 5. The Kier molecular flexibility index (Phi) is 6.68. The first-order valence-corrected chi connectivity index (χ1v) is 14.5. The normalized spacial score (nSPS) is 36.7. The summed E-state index contributed by atoms with van der Waals surface area (Å²) in [5.41, 5.74) is -1.32. The first kappa shape index (κ1) is 29.0. The number of amides is 2. The lowest BCUT2D eigenvalue weighted by molar-refractivity contribution is -0.277. The lowest BCUT2D eigenvalue weighted by Gasteiger charge is -2.48. The van der Waals surface area contributed by atoms with Crippen LogP contribution in [0.1, 0.15) is 43.7 Å². The molecule has 0 spiro atoms. The molecule has 44 heavy (non-hydrogen) atoms. The maximum absolute atomic E-state index is 13.9. The molecule has 6 N–H and O–H groups in total. The van der Waals surface area contributed by atoms with Crippen molar-refractivity contribution in [3.05, 3.63) is 70.3 Å². The fourth-order valence-corrected chi connectivity index (χ4v) is 7.34. The van der Waals surface area contributed by atoms with E-state index in [0.717, 1.165) is 0 Å². The number of para-hydroxylation sites is 2. The predicted molar refractivity (Wildman–Crippen MR) is 153 cm³/mol. The molecule has 2 amide bonds. The zero-order valence-electron chi connectivity index (χ0n) is 23.9. The number of nitrogens with one attached hydrogen (secondary N) is 1. The van der Waals surface area contributed by atoms with Gasteiger partial charge in [-0.2, -0.15) is 0 Å². The Labute approximate surface area is 250 Å². The molecule has 0 radical (unpaired) electrons. The maximum atomic E-state index is 13.9. The van der Waals surface area contributed by atoms with Gasteiger partial charge < -0.3 is 35.6 Å². The molecule has 0 unspecified atom stereocenters. The number of hydrogen-bond acceptors (Lipinski definition) is 11. The quantitative estimate of drug-likeness (QED) is 0.204. The van der Waals surface area contributed by atoms with Gasteiger partial charge in [0, 0.05) is 12.0 Å². The van der Waals surface area contributed by atoms with Gasteiger partial charge in [0.2, 0.25) is 11.8 Å². The first-order valence-electron chi connectivity index (χ1n) is 14.5. The van der Waals surface area contributed by atoms with E-state index in [4.69, 9.17) is 4.74 Å². The second-order valence-electron chi connectivity index (χ2n) is 12.0. The minimum Gasteiger partial charge on any atom is -0.394 e. The Morgan fingerprint density at radius 2 is 1.68 bits per heavy atom. The number of anilines is 1. The van der Waals surface area contributed by atoms with Crippen LogP contribution in [0, 0.1) is 0 Å². The molecule has 7 rings (SSSR count). The second-order valence-corrected chi connectivity index (χ2v) is 12.0. The molecule has 2 fully saturated rings. The van der Waals surface area contributed by atoms with Crippen molar-refractivity contribution in [3.63, 3.8) is 0 Å². The van der Waals surface area contributed by atoms with Crippen molar-refractivity contribution < 1.29 is 39.9 Å². The van der Waals surface area contributed by atoms with Crippen LogP contribution in [0.3, 0.4) is 0 Å². The second kappa shape index (κ2) is 10.1. The zero-order valence-corrected chi connectivity index (χ0v) is 23.9. The van der Waals surface area contributed by atoms with Crippen LogP contribution >= 0.6 is 0 Å². The molecule has 3 aromatic rings. The molecule has 14 nitrogen and oxygen atoms in total. The van der Waals surface area contributed by atoms with Crippen LogP contribution in [0.25, 0.3) is 10.9 Å². The van der Waals surface area contributed by atoms with E-state index in [0.29, 0.717) is 28.0 Å². The van der Waals surface area contributed by atoms with Crippen molar-refractivity contribution in [2.75, 3.05) is 11.5 Å². The number of benzene rings is 2. The molecular weight excluding hydrogens is 574 g/mol. The lowest BCUT2D eigenvalue weighted by atomic mass is 9.84. The van der Waals surface area contributed by atoms with E-state index in [1.807, 2.05) is 0 Å². The molecule has 232 valence electrons. The highest BCUT2D eigenvalue weighted by molar-refractivity contribution is 6.02. The van der Waals surface area contributed by atoms with E-state index >= 15 is 0 Å². The minimum absolute atomic E-state index is 0.302. The van der Waals surface area contributed by atoms with E-state index in [1.54, 1.807) is 62.4 Å². The Hall–Kier alpha value is -3.76. The van der Waals surface area contributed by atoms with Crippen molar-refractivity contribution in [3.8, 4) is 0 Å². The van der Waals surface area contributed by atoms with Crippen molar-refractivity contribution in [2.24, 2.45) is 0 Å². The first-order chi connectivity index (χ1) is 21.0. The lowest BCUT2D eigenvalue weighted by Crippen LogP contribution is -2.67. The average Bonchev–Trinajstić information content (AvgIpc) is 3.43. The van der Waals surface area contributed by atoms with Crippen molar-refractivity contribution >= 4 is 28.4 Å². The Balaban J connectivity index is 1.38. The van der Waals surface area contributed by atoms with Gasteiger partial charge in [0.1, 0.15) is 54.3 Å². The number of hydrogen-bond donors (Lipinski definition) is 6. The number of carbonyl (C=O) groups is 2. The van der Waals surface area contributed by atoms with Crippen LogP contribution in [0.4, 0.5) is 5.69 Å². The molecule has 0 bridgehead atoms. The molecule has 1 aromatic heterocycles. The summed E-state index contributed by atoms with van der Waals surface area (Å²) in [5.74, 6) is -0.653. The van der Waals surface area contributed by atoms with Crippen LogP contribution < -0.4 is 15.8 Å². The third kappa shape index (κ3) is 3.86. The fraction of sp³-hybridized carbons (Fsp3) is 0.467. The van der Waals surface area contributed by atoms with Gasteiger partial charge in [-0.05, 0) is 32.0 Å². The highest BCUT2D eigenvalue weighted by Gasteiger charge is 2.65. The van der Waals surface area contributed by atoms with Gasteiger partial charge in [0.15, 0.2) is 0 Å². The molecule has 4 aliphatic rings. The molecule has 0 saturated carbocycles. The molecular formula is C30H33N5O9. The van der Waals surface area contributed by atoms with Crippen LogP contribution in [0.15, 0.2) is 53.3 Å². The summed E-state index contributed by atoms with van der Waals surface area (Å²) in [7, 11) is 0. The monoisotopic (exact) mass is 607 g/mol. The summed E-state index contributed by atoms with van der Waals surface area (Å²) in [6.45, 7) is 2.58. The molecule has 14 heteroatoms. The Bertz CT molecular complexity index is 1730. The number of rotatable bonds is 4. The van der Waals surface area contributed by atoms with E-state index in [9.17, 15) is 39.9 Å². The van der Waals surface area contributed by atoms with Gasteiger partial charge in [0.05, 0.1) is 35.3 Å². The smallest absolute Gasteiger partial charge is 0.262 e. The molecule has 4 aliphatic heterocycles. The van der Waals surface area contributed by atoms with Gasteiger partial charge in [-0.3, -0.25) is 23.9 Å². The number of nitrogens with zero attached hydrogens (tertiary/aromatic N) is 4. The maximum Gasteiger partial charge on any atom is 0.262 e. The van der Waals surface area contributed by atoms with E-state index in [-0.39, 0.29) is 6.42 Å². The number of carbonyl (C=O) groups excluding carboxylic acids is 2. The fourth-order valence-electron chi connectivity index (χ4n) is 7.34. The SMILES string of the molecule is C[C@H]1NC(=O)[C@H](C[C@]2(O)c3ccccc3N3C(=O)[C@H](C)N([C@@H]4O[C@H](CO)[C@@H](O)[C@H](O)[C@H]4O)[C@@H]32)n2c1nc1ccccc1c2=O. The Morgan fingerprint density at radius 1 is 0.977 bits per heavy atom.